The fourth-order valence-corrected chi connectivity index (χ4v) is 2.69. The first-order valence-electron chi connectivity index (χ1n) is 7.54. The molecule has 0 saturated carbocycles. The summed E-state index contributed by atoms with van der Waals surface area (Å²) in [6.07, 6.45) is 1.87. The highest BCUT2D eigenvalue weighted by Gasteiger charge is 2.22. The molecule has 2 amide bonds. The van der Waals surface area contributed by atoms with Gasteiger partial charge in [-0.05, 0) is 36.5 Å². The molecule has 122 valence electrons. The summed E-state index contributed by atoms with van der Waals surface area (Å²) >= 11 is 0. The van der Waals surface area contributed by atoms with Gasteiger partial charge < -0.3 is 20.1 Å². The SMILES string of the molecule is COCc1cc(CNC(=O)N2CCCC(CO)C2)ccc1F. The minimum Gasteiger partial charge on any atom is -0.396 e. The summed E-state index contributed by atoms with van der Waals surface area (Å²) in [6, 6.07) is 4.60. The summed E-state index contributed by atoms with van der Waals surface area (Å²) in [6.45, 7) is 1.96. The first kappa shape index (κ1) is 16.7. The summed E-state index contributed by atoms with van der Waals surface area (Å²) in [5, 5.41) is 12.0. The number of carbonyl (C=O) groups is 1. The smallest absolute Gasteiger partial charge is 0.317 e. The number of nitrogens with one attached hydrogen (secondary N) is 1. The number of ether oxygens (including phenoxy) is 1. The zero-order valence-corrected chi connectivity index (χ0v) is 12.8. The Balaban J connectivity index is 1.89. The largest absolute Gasteiger partial charge is 0.396 e. The van der Waals surface area contributed by atoms with E-state index in [1.807, 2.05) is 0 Å². The minimum absolute atomic E-state index is 0.113. The lowest BCUT2D eigenvalue weighted by molar-refractivity contribution is 0.129. The molecule has 22 heavy (non-hydrogen) atoms. The van der Waals surface area contributed by atoms with Crippen LogP contribution in [0.2, 0.25) is 0 Å². The predicted octanol–water partition coefficient (Wildman–Crippen LogP) is 1.89. The number of rotatable bonds is 5. The van der Waals surface area contributed by atoms with Crippen LogP contribution in [0.1, 0.15) is 24.0 Å². The fraction of sp³-hybridized carbons (Fsp3) is 0.562. The van der Waals surface area contributed by atoms with Gasteiger partial charge in [0.15, 0.2) is 0 Å². The van der Waals surface area contributed by atoms with Gasteiger partial charge in [-0.3, -0.25) is 0 Å². The third kappa shape index (κ3) is 4.42. The molecule has 1 fully saturated rings. The van der Waals surface area contributed by atoms with E-state index in [0.29, 0.717) is 25.2 Å². The van der Waals surface area contributed by atoms with Crippen LogP contribution in [0.3, 0.4) is 0 Å². The van der Waals surface area contributed by atoms with E-state index in [4.69, 9.17) is 4.74 Å². The number of carbonyl (C=O) groups excluding carboxylic acids is 1. The van der Waals surface area contributed by atoms with Crippen molar-refractivity contribution in [2.24, 2.45) is 5.92 Å². The molecular formula is C16H23FN2O3. The molecule has 1 atom stereocenters. The highest BCUT2D eigenvalue weighted by atomic mass is 19.1. The number of nitrogens with zero attached hydrogens (tertiary/aromatic N) is 1. The van der Waals surface area contributed by atoms with E-state index in [9.17, 15) is 14.3 Å². The van der Waals surface area contributed by atoms with Crippen molar-refractivity contribution >= 4 is 6.03 Å². The number of methoxy groups -OCH3 is 1. The molecule has 1 aliphatic heterocycles. The molecule has 5 nitrogen and oxygen atoms in total. The Bertz CT molecular complexity index is 510. The average Bonchev–Trinajstić information content (AvgIpc) is 2.55. The van der Waals surface area contributed by atoms with Crippen LogP contribution in [0.5, 0.6) is 0 Å². The second-order valence-electron chi connectivity index (χ2n) is 5.65. The molecule has 0 aliphatic carbocycles. The van der Waals surface area contributed by atoms with E-state index in [1.54, 1.807) is 17.0 Å². The maximum Gasteiger partial charge on any atom is 0.317 e. The number of urea groups is 1. The van der Waals surface area contributed by atoms with E-state index < -0.39 is 0 Å². The van der Waals surface area contributed by atoms with Gasteiger partial charge in [0.25, 0.3) is 0 Å². The molecule has 2 rings (SSSR count). The number of aliphatic hydroxyl groups is 1. The molecule has 2 N–H and O–H groups in total. The quantitative estimate of drug-likeness (QED) is 0.873. The second kappa shape index (κ2) is 8.10. The van der Waals surface area contributed by atoms with Crippen molar-refractivity contribution in [2.75, 3.05) is 26.8 Å². The molecule has 1 aromatic carbocycles. The molecule has 1 aromatic rings. The van der Waals surface area contributed by atoms with Gasteiger partial charge in [-0.15, -0.1) is 0 Å². The van der Waals surface area contributed by atoms with Crippen molar-refractivity contribution in [3.8, 4) is 0 Å². The molecule has 1 aliphatic rings. The van der Waals surface area contributed by atoms with Crippen molar-refractivity contribution in [1.82, 2.24) is 10.2 Å². The number of aliphatic hydroxyl groups excluding tert-OH is 1. The Morgan fingerprint density at radius 1 is 1.55 bits per heavy atom. The minimum atomic E-state index is -0.307. The average molecular weight is 310 g/mol. The zero-order valence-electron chi connectivity index (χ0n) is 12.8. The standard InChI is InChI=1S/C16H23FN2O3/c1-22-11-14-7-12(4-5-15(14)17)8-18-16(21)19-6-2-3-13(9-19)10-20/h4-5,7,13,20H,2-3,6,8-11H2,1H3,(H,18,21). The van der Waals surface area contributed by atoms with Crippen molar-refractivity contribution in [1.29, 1.82) is 0 Å². The van der Waals surface area contributed by atoms with Gasteiger partial charge in [0.05, 0.1) is 6.61 Å². The number of piperidine rings is 1. The third-order valence-corrected chi connectivity index (χ3v) is 3.92. The number of hydrogen-bond donors (Lipinski definition) is 2. The predicted molar refractivity (Wildman–Crippen MR) is 80.7 cm³/mol. The number of likely N-dealkylation sites (tertiary alicyclic amines) is 1. The van der Waals surface area contributed by atoms with Crippen LogP contribution < -0.4 is 5.32 Å². The van der Waals surface area contributed by atoms with Crippen LogP contribution in [-0.2, 0) is 17.9 Å². The second-order valence-corrected chi connectivity index (χ2v) is 5.65. The highest BCUT2D eigenvalue weighted by Crippen LogP contribution is 2.16. The Kier molecular flexibility index (Phi) is 6.15. The van der Waals surface area contributed by atoms with Crippen LogP contribution in [0, 0.1) is 11.7 Å². The summed E-state index contributed by atoms with van der Waals surface area (Å²) in [5.41, 5.74) is 1.31. The lowest BCUT2D eigenvalue weighted by Crippen LogP contribution is -2.45. The molecule has 1 heterocycles. The van der Waals surface area contributed by atoms with Gasteiger partial charge in [-0.1, -0.05) is 6.07 Å². The van der Waals surface area contributed by atoms with Crippen LogP contribution in [-0.4, -0.2) is 42.8 Å². The number of amides is 2. The molecule has 0 radical (unpaired) electrons. The summed E-state index contributed by atoms with van der Waals surface area (Å²) in [7, 11) is 1.52. The maximum absolute atomic E-state index is 13.5. The zero-order chi connectivity index (χ0) is 15.9. The number of hydrogen-bond acceptors (Lipinski definition) is 3. The molecule has 6 heteroatoms. The maximum atomic E-state index is 13.5. The number of benzene rings is 1. The van der Waals surface area contributed by atoms with Crippen molar-refractivity contribution in [3.63, 3.8) is 0 Å². The third-order valence-electron chi connectivity index (χ3n) is 3.92. The summed E-state index contributed by atoms with van der Waals surface area (Å²) < 4.78 is 18.5. The highest BCUT2D eigenvalue weighted by molar-refractivity contribution is 5.74. The first-order valence-corrected chi connectivity index (χ1v) is 7.54. The van der Waals surface area contributed by atoms with Gasteiger partial charge in [0, 0.05) is 38.9 Å². The van der Waals surface area contributed by atoms with E-state index in [-0.39, 0.29) is 31.0 Å². The Morgan fingerprint density at radius 3 is 3.09 bits per heavy atom. The monoisotopic (exact) mass is 310 g/mol. The van der Waals surface area contributed by atoms with E-state index in [2.05, 4.69) is 5.32 Å². The van der Waals surface area contributed by atoms with Gasteiger partial charge in [-0.2, -0.15) is 0 Å². The lowest BCUT2D eigenvalue weighted by atomic mass is 9.99. The van der Waals surface area contributed by atoms with Gasteiger partial charge in [0.1, 0.15) is 5.82 Å². The van der Waals surface area contributed by atoms with Crippen LogP contribution in [0.15, 0.2) is 18.2 Å². The molecule has 1 unspecified atom stereocenters. The normalized spacial score (nSPS) is 18.3. The van der Waals surface area contributed by atoms with Crippen LogP contribution >= 0.6 is 0 Å². The Hall–Kier alpha value is -1.66. The number of halogens is 1. The van der Waals surface area contributed by atoms with Crippen LogP contribution in [0.4, 0.5) is 9.18 Å². The lowest BCUT2D eigenvalue weighted by Gasteiger charge is -2.31. The van der Waals surface area contributed by atoms with Gasteiger partial charge >= 0.3 is 6.03 Å². The van der Waals surface area contributed by atoms with Crippen LogP contribution in [0.25, 0.3) is 0 Å². The Morgan fingerprint density at radius 2 is 2.36 bits per heavy atom. The van der Waals surface area contributed by atoms with E-state index in [0.717, 1.165) is 18.4 Å². The van der Waals surface area contributed by atoms with E-state index >= 15 is 0 Å². The fourth-order valence-electron chi connectivity index (χ4n) is 2.69. The van der Waals surface area contributed by atoms with Gasteiger partial charge in [-0.25, -0.2) is 9.18 Å². The summed E-state index contributed by atoms with van der Waals surface area (Å²) in [4.78, 5) is 13.9. The molecular weight excluding hydrogens is 287 g/mol. The first-order chi connectivity index (χ1) is 10.6. The van der Waals surface area contributed by atoms with Crippen molar-refractivity contribution in [2.45, 2.75) is 26.0 Å². The van der Waals surface area contributed by atoms with Crippen molar-refractivity contribution in [3.05, 3.63) is 35.1 Å². The Labute approximate surface area is 130 Å². The topological polar surface area (TPSA) is 61.8 Å². The molecule has 0 bridgehead atoms. The molecule has 0 spiro atoms. The summed E-state index contributed by atoms with van der Waals surface area (Å²) in [5.74, 6) is -0.141. The van der Waals surface area contributed by atoms with Gasteiger partial charge in [0.2, 0.25) is 0 Å². The van der Waals surface area contributed by atoms with Crippen molar-refractivity contribution < 1.29 is 19.0 Å². The van der Waals surface area contributed by atoms with E-state index in [1.165, 1.54) is 13.2 Å². The molecule has 1 saturated heterocycles. The molecule has 0 aromatic heterocycles.